The first-order valence-corrected chi connectivity index (χ1v) is 8.89. The van der Waals surface area contributed by atoms with Crippen LogP contribution in [0.5, 0.6) is 0 Å². The molecule has 0 aromatic carbocycles. The number of rotatable bonds is 6. The van der Waals surface area contributed by atoms with Gasteiger partial charge in [-0.1, -0.05) is 51.2 Å². The van der Waals surface area contributed by atoms with Crippen molar-refractivity contribution in [1.29, 1.82) is 0 Å². The van der Waals surface area contributed by atoms with E-state index < -0.39 is 8.07 Å². The second-order valence-corrected chi connectivity index (χ2v) is 9.87. The highest BCUT2D eigenvalue weighted by atomic mass is 28.3. The maximum atomic E-state index is 9.54. The summed E-state index contributed by atoms with van der Waals surface area (Å²) in [5.41, 5.74) is 2.31. The van der Waals surface area contributed by atoms with E-state index in [1.165, 1.54) is 6.42 Å². The van der Waals surface area contributed by atoms with Crippen LogP contribution in [0.3, 0.4) is 0 Å². The van der Waals surface area contributed by atoms with Gasteiger partial charge < -0.3 is 5.11 Å². The quantitative estimate of drug-likeness (QED) is 0.652. The zero-order valence-electron chi connectivity index (χ0n) is 9.51. The molecule has 0 aromatic heterocycles. The lowest BCUT2D eigenvalue weighted by Crippen LogP contribution is -2.16. The molecule has 1 nitrogen and oxygen atoms in total. The van der Waals surface area contributed by atoms with Crippen molar-refractivity contribution in [2.75, 3.05) is 0 Å². The third kappa shape index (κ3) is 9.83. The van der Waals surface area contributed by atoms with Gasteiger partial charge in [0, 0.05) is 0 Å². The van der Waals surface area contributed by atoms with Gasteiger partial charge in [0.25, 0.3) is 0 Å². The molecule has 13 heavy (non-hydrogen) atoms. The van der Waals surface area contributed by atoms with Crippen LogP contribution in [0.1, 0.15) is 32.6 Å². The van der Waals surface area contributed by atoms with E-state index >= 15 is 0 Å². The SMILES string of the molecule is CCCCC(O)C/C=C\[Si](C)(C)C. The number of aliphatic hydroxyl groups excluding tert-OH is 1. The van der Waals surface area contributed by atoms with E-state index in [9.17, 15) is 5.11 Å². The minimum absolute atomic E-state index is 0.118. The Hall–Kier alpha value is -0.0831. The van der Waals surface area contributed by atoms with Crippen LogP contribution in [0.25, 0.3) is 0 Å². The first-order chi connectivity index (χ1) is 5.95. The van der Waals surface area contributed by atoms with Crippen LogP contribution in [-0.4, -0.2) is 19.3 Å². The monoisotopic (exact) mass is 200 g/mol. The molecule has 2 heteroatoms. The van der Waals surface area contributed by atoms with Gasteiger partial charge in [0.15, 0.2) is 0 Å². The van der Waals surface area contributed by atoms with Crippen molar-refractivity contribution >= 4 is 8.07 Å². The van der Waals surface area contributed by atoms with E-state index in [0.29, 0.717) is 0 Å². The summed E-state index contributed by atoms with van der Waals surface area (Å²) in [6, 6.07) is 0. The third-order valence-electron chi connectivity index (χ3n) is 1.92. The Morgan fingerprint density at radius 3 is 2.38 bits per heavy atom. The highest BCUT2D eigenvalue weighted by Gasteiger charge is 2.07. The van der Waals surface area contributed by atoms with E-state index in [2.05, 4.69) is 38.3 Å². The van der Waals surface area contributed by atoms with Crippen LogP contribution in [0.2, 0.25) is 19.6 Å². The van der Waals surface area contributed by atoms with Crippen molar-refractivity contribution in [2.45, 2.75) is 58.4 Å². The first-order valence-electron chi connectivity index (χ1n) is 5.31. The lowest BCUT2D eigenvalue weighted by Gasteiger charge is -2.10. The summed E-state index contributed by atoms with van der Waals surface area (Å²) in [4.78, 5) is 0. The molecule has 0 bridgehead atoms. The number of hydrogen-bond acceptors (Lipinski definition) is 1. The molecular weight excluding hydrogens is 176 g/mol. The number of aliphatic hydroxyl groups is 1. The van der Waals surface area contributed by atoms with E-state index in [1.54, 1.807) is 0 Å². The molecule has 0 fully saturated rings. The molecule has 0 aromatic rings. The Balaban J connectivity index is 3.57. The molecule has 0 saturated heterocycles. The van der Waals surface area contributed by atoms with Crippen molar-refractivity contribution in [3.05, 3.63) is 11.8 Å². The minimum atomic E-state index is -1.05. The van der Waals surface area contributed by atoms with Crippen molar-refractivity contribution < 1.29 is 5.11 Å². The molecule has 0 radical (unpaired) electrons. The predicted octanol–water partition coefficient (Wildman–Crippen LogP) is 3.36. The molecule has 0 aliphatic heterocycles. The molecule has 0 heterocycles. The van der Waals surface area contributed by atoms with E-state index in [-0.39, 0.29) is 6.10 Å². The van der Waals surface area contributed by atoms with Crippen molar-refractivity contribution in [3.63, 3.8) is 0 Å². The highest BCUT2D eigenvalue weighted by molar-refractivity contribution is 6.80. The number of unbranched alkanes of at least 4 members (excludes halogenated alkanes) is 1. The lowest BCUT2D eigenvalue weighted by atomic mass is 10.1. The normalized spacial score (nSPS) is 15.2. The lowest BCUT2D eigenvalue weighted by molar-refractivity contribution is 0.164. The van der Waals surface area contributed by atoms with Crippen molar-refractivity contribution in [1.82, 2.24) is 0 Å². The Kier molecular flexibility index (Phi) is 6.34. The van der Waals surface area contributed by atoms with Crippen molar-refractivity contribution in [2.24, 2.45) is 0 Å². The Bertz CT molecular complexity index is 147. The fourth-order valence-corrected chi connectivity index (χ4v) is 1.98. The van der Waals surface area contributed by atoms with Gasteiger partial charge in [-0.05, 0) is 12.8 Å². The molecule has 1 atom stereocenters. The van der Waals surface area contributed by atoms with Gasteiger partial charge in [0.05, 0.1) is 14.2 Å². The van der Waals surface area contributed by atoms with E-state index in [1.807, 2.05) is 0 Å². The molecule has 0 aliphatic carbocycles. The largest absolute Gasteiger partial charge is 0.393 e. The summed E-state index contributed by atoms with van der Waals surface area (Å²) >= 11 is 0. The summed E-state index contributed by atoms with van der Waals surface area (Å²) in [5.74, 6) is 0. The molecule has 78 valence electrons. The molecule has 0 amide bonds. The zero-order chi connectivity index (χ0) is 10.3. The van der Waals surface area contributed by atoms with Gasteiger partial charge in [0.1, 0.15) is 0 Å². The van der Waals surface area contributed by atoms with Crippen LogP contribution in [0.4, 0.5) is 0 Å². The Morgan fingerprint density at radius 1 is 1.31 bits per heavy atom. The fraction of sp³-hybridized carbons (Fsp3) is 0.818. The second kappa shape index (κ2) is 6.38. The highest BCUT2D eigenvalue weighted by Crippen LogP contribution is 2.07. The molecule has 0 saturated carbocycles. The fourth-order valence-electron chi connectivity index (χ4n) is 1.14. The molecule has 0 spiro atoms. The summed E-state index contributed by atoms with van der Waals surface area (Å²) in [6.45, 7) is 9.08. The predicted molar refractivity (Wildman–Crippen MR) is 62.6 cm³/mol. The van der Waals surface area contributed by atoms with Gasteiger partial charge >= 0.3 is 0 Å². The molecule has 0 aliphatic rings. The van der Waals surface area contributed by atoms with Gasteiger partial charge in [-0.2, -0.15) is 0 Å². The maximum Gasteiger partial charge on any atom is 0.0682 e. The third-order valence-corrected chi connectivity index (χ3v) is 3.15. The summed E-state index contributed by atoms with van der Waals surface area (Å²) in [5, 5.41) is 9.54. The van der Waals surface area contributed by atoms with Crippen LogP contribution >= 0.6 is 0 Å². The Morgan fingerprint density at radius 2 is 1.92 bits per heavy atom. The van der Waals surface area contributed by atoms with Crippen LogP contribution in [0.15, 0.2) is 11.8 Å². The zero-order valence-corrected chi connectivity index (χ0v) is 10.5. The van der Waals surface area contributed by atoms with Gasteiger partial charge in [0.2, 0.25) is 0 Å². The average molecular weight is 200 g/mol. The van der Waals surface area contributed by atoms with Gasteiger partial charge in [-0.3, -0.25) is 0 Å². The second-order valence-electron chi connectivity index (χ2n) is 4.80. The molecule has 1 N–H and O–H groups in total. The van der Waals surface area contributed by atoms with Crippen LogP contribution in [0, 0.1) is 0 Å². The average Bonchev–Trinajstić information content (AvgIpc) is 1.98. The Labute approximate surface area is 83.9 Å². The molecule has 0 rings (SSSR count). The maximum absolute atomic E-state index is 9.54. The summed E-state index contributed by atoms with van der Waals surface area (Å²) < 4.78 is 0. The number of hydrogen-bond donors (Lipinski definition) is 1. The van der Waals surface area contributed by atoms with Crippen LogP contribution in [-0.2, 0) is 0 Å². The van der Waals surface area contributed by atoms with Crippen LogP contribution < -0.4 is 0 Å². The smallest absolute Gasteiger partial charge is 0.0682 e. The standard InChI is InChI=1S/C11H24OSi/c1-5-6-8-11(12)9-7-10-13(2,3)4/h7,10-12H,5-6,8-9H2,1-4H3/b10-7-. The van der Waals surface area contributed by atoms with Gasteiger partial charge in [-0.15, -0.1) is 0 Å². The minimum Gasteiger partial charge on any atom is -0.393 e. The summed E-state index contributed by atoms with van der Waals surface area (Å²) in [6.07, 6.45) is 6.15. The van der Waals surface area contributed by atoms with E-state index in [0.717, 1.165) is 19.3 Å². The molecule has 1 unspecified atom stereocenters. The van der Waals surface area contributed by atoms with Crippen molar-refractivity contribution in [3.8, 4) is 0 Å². The summed E-state index contributed by atoms with van der Waals surface area (Å²) in [7, 11) is -1.05. The first kappa shape index (κ1) is 12.9. The van der Waals surface area contributed by atoms with E-state index in [4.69, 9.17) is 0 Å². The molecular formula is C11H24OSi. The van der Waals surface area contributed by atoms with Gasteiger partial charge in [-0.25, -0.2) is 0 Å². The topological polar surface area (TPSA) is 20.2 Å².